The number of morpholine rings is 1. The molecule has 2 amide bonds. The number of aryl methyl sites for hydroxylation is 1. The van der Waals surface area contributed by atoms with Crippen molar-refractivity contribution in [1.29, 1.82) is 0 Å². The zero-order chi connectivity index (χ0) is 29.0. The molecule has 5 rings (SSSR count). The van der Waals surface area contributed by atoms with Crippen molar-refractivity contribution in [3.8, 4) is 0 Å². The first-order valence-corrected chi connectivity index (χ1v) is 15.9. The van der Waals surface area contributed by atoms with E-state index in [4.69, 9.17) is 14.9 Å². The van der Waals surface area contributed by atoms with Gasteiger partial charge in [0.05, 0.1) is 30.1 Å². The Balaban J connectivity index is 1.58. The van der Waals surface area contributed by atoms with Crippen LogP contribution in [0.3, 0.4) is 0 Å². The van der Waals surface area contributed by atoms with Crippen molar-refractivity contribution in [2.75, 3.05) is 37.8 Å². The van der Waals surface area contributed by atoms with E-state index in [1.54, 1.807) is 29.2 Å². The van der Waals surface area contributed by atoms with Crippen molar-refractivity contribution in [3.05, 3.63) is 66.1 Å². The van der Waals surface area contributed by atoms with Crippen LogP contribution in [0.4, 0.5) is 0 Å². The van der Waals surface area contributed by atoms with Gasteiger partial charge in [0.15, 0.2) is 15.4 Å². The van der Waals surface area contributed by atoms with Crippen molar-refractivity contribution in [2.24, 2.45) is 23.0 Å². The zero-order valence-electron chi connectivity index (χ0n) is 23.0. The summed E-state index contributed by atoms with van der Waals surface area (Å²) < 4.78 is 38.4. The predicted octanol–water partition coefficient (Wildman–Crippen LogP) is 2.66. The smallest absolute Gasteiger partial charge is 0.225 e. The van der Waals surface area contributed by atoms with Gasteiger partial charge in [0, 0.05) is 25.4 Å². The molecule has 2 unspecified atom stereocenters. The average molecular weight is 584 g/mol. The molecule has 0 bridgehead atoms. The Hall–Kier alpha value is -3.28. The Labute approximate surface area is 239 Å². The number of carbonyl (C=O) groups is 2. The Morgan fingerprint density at radius 2 is 1.76 bits per heavy atom. The van der Waals surface area contributed by atoms with Gasteiger partial charge in [-0.1, -0.05) is 42.5 Å². The van der Waals surface area contributed by atoms with Crippen LogP contribution >= 0.6 is 0 Å². The molecule has 0 radical (unpaired) electrons. The number of oxazole rings is 1. The molecule has 2 fully saturated rings. The van der Waals surface area contributed by atoms with E-state index < -0.39 is 51.3 Å². The highest BCUT2D eigenvalue weighted by Gasteiger charge is 2.53. The number of aromatic nitrogens is 1. The highest BCUT2D eigenvalue weighted by atomic mass is 32.2. The van der Waals surface area contributed by atoms with E-state index in [1.807, 2.05) is 30.3 Å². The quantitative estimate of drug-likeness (QED) is 0.311. The fraction of sp³-hybridized carbons (Fsp3) is 0.500. The van der Waals surface area contributed by atoms with Gasteiger partial charge in [-0.15, -0.1) is 0 Å². The van der Waals surface area contributed by atoms with E-state index in [2.05, 4.69) is 4.98 Å². The minimum Gasteiger partial charge on any atom is -0.438 e. The normalized spacial score (nSPS) is 19.0. The van der Waals surface area contributed by atoms with E-state index in [0.717, 1.165) is 18.4 Å². The molecular formula is C30H37N3O7S. The Bertz CT molecular complexity index is 1430. The zero-order valence-corrected chi connectivity index (χ0v) is 23.8. The van der Waals surface area contributed by atoms with Crippen LogP contribution < -0.4 is 5.73 Å². The third-order valence-corrected chi connectivity index (χ3v) is 10.2. The monoisotopic (exact) mass is 583 g/mol. The van der Waals surface area contributed by atoms with Gasteiger partial charge in [0.1, 0.15) is 11.6 Å². The summed E-state index contributed by atoms with van der Waals surface area (Å²) in [7, 11) is -3.82. The second-order valence-corrected chi connectivity index (χ2v) is 13.4. The van der Waals surface area contributed by atoms with Gasteiger partial charge in [-0.3, -0.25) is 9.59 Å². The molecule has 10 nitrogen and oxygen atoms in total. The van der Waals surface area contributed by atoms with Crippen molar-refractivity contribution >= 4 is 32.8 Å². The number of primary amides is 1. The molecule has 1 aliphatic heterocycles. The highest BCUT2D eigenvalue weighted by Crippen LogP contribution is 2.45. The Morgan fingerprint density at radius 1 is 1.07 bits per heavy atom. The number of carbonyl (C=O) groups excluding carboxylic acids is 2. The largest absolute Gasteiger partial charge is 0.438 e. The van der Waals surface area contributed by atoms with Crippen molar-refractivity contribution in [2.45, 2.75) is 38.2 Å². The first-order valence-electron chi connectivity index (χ1n) is 14.1. The van der Waals surface area contributed by atoms with E-state index >= 15 is 0 Å². The molecule has 3 N–H and O–H groups in total. The summed E-state index contributed by atoms with van der Waals surface area (Å²) in [6, 6.07) is 16.5. The third-order valence-electron chi connectivity index (χ3n) is 8.23. The number of nitrogens with zero attached hydrogens (tertiary/aromatic N) is 2. The first-order chi connectivity index (χ1) is 19.7. The summed E-state index contributed by atoms with van der Waals surface area (Å²) in [5.74, 6) is -3.16. The minimum atomic E-state index is -3.82. The number of benzene rings is 2. The lowest BCUT2D eigenvalue weighted by Crippen LogP contribution is -2.54. The van der Waals surface area contributed by atoms with Gasteiger partial charge in [-0.2, -0.15) is 0 Å². The average Bonchev–Trinajstić information content (AvgIpc) is 3.65. The molecule has 1 aromatic heterocycles. The number of sulfone groups is 1. The van der Waals surface area contributed by atoms with Crippen LogP contribution in [-0.4, -0.2) is 73.0 Å². The molecular weight excluding hydrogens is 546 g/mol. The first kappa shape index (κ1) is 29.2. The molecule has 2 heterocycles. The summed E-state index contributed by atoms with van der Waals surface area (Å²) in [5, 5.41) is 11.9. The fourth-order valence-corrected chi connectivity index (χ4v) is 8.22. The number of hydrogen-bond donors (Lipinski definition) is 2. The van der Waals surface area contributed by atoms with Crippen LogP contribution in [0.1, 0.15) is 43.2 Å². The molecule has 2 aromatic carbocycles. The van der Waals surface area contributed by atoms with Crippen LogP contribution in [-0.2, 0) is 30.6 Å². The number of nitrogens with two attached hydrogens (primary N) is 1. The molecule has 0 spiro atoms. The molecule has 2 aliphatic rings. The van der Waals surface area contributed by atoms with Crippen molar-refractivity contribution in [1.82, 2.24) is 9.88 Å². The summed E-state index contributed by atoms with van der Waals surface area (Å²) >= 11 is 0. The molecule has 41 heavy (non-hydrogen) atoms. The molecule has 1 aliphatic carbocycles. The van der Waals surface area contributed by atoms with E-state index in [0.29, 0.717) is 43.8 Å². The number of aliphatic hydroxyl groups is 1. The van der Waals surface area contributed by atoms with Crippen LogP contribution in [0.5, 0.6) is 0 Å². The number of fused-ring (bicyclic) bond motifs is 1. The molecule has 1 saturated heterocycles. The molecule has 220 valence electrons. The van der Waals surface area contributed by atoms with Gasteiger partial charge >= 0.3 is 0 Å². The number of amides is 2. The fourth-order valence-electron chi connectivity index (χ4n) is 5.81. The standard InChI is InChI=1S/C30H37N3O7S/c31-29(36)30(20-41(37,38)19-22-10-11-22,18-26(34)33-14-16-39-17-15-33)23(13-12-21-6-2-1-3-7-21)27(35)28-32-24-8-4-5-9-25(24)40-28/h1-9,22-23,27,35H,10-20H2,(H2,31,36)/t23-,27?,30?/m1/s1. The maximum Gasteiger partial charge on any atom is 0.225 e. The predicted molar refractivity (Wildman–Crippen MR) is 152 cm³/mol. The van der Waals surface area contributed by atoms with E-state index in [9.17, 15) is 23.1 Å². The second-order valence-electron chi connectivity index (χ2n) is 11.3. The molecule has 3 atom stereocenters. The molecule has 3 aromatic rings. The number of ether oxygens (including phenoxy) is 1. The minimum absolute atomic E-state index is 0.0326. The maximum absolute atomic E-state index is 13.7. The van der Waals surface area contributed by atoms with Gasteiger partial charge in [-0.25, -0.2) is 13.4 Å². The van der Waals surface area contributed by atoms with E-state index in [-0.39, 0.29) is 24.0 Å². The van der Waals surface area contributed by atoms with Gasteiger partial charge in [-0.05, 0) is 49.3 Å². The third kappa shape index (κ3) is 6.97. The number of aliphatic hydroxyl groups excluding tert-OH is 1. The summed E-state index contributed by atoms with van der Waals surface area (Å²) in [6.45, 7) is 1.34. The van der Waals surface area contributed by atoms with Gasteiger partial charge < -0.3 is 24.9 Å². The van der Waals surface area contributed by atoms with Crippen LogP contribution in [0.2, 0.25) is 0 Å². The topological polar surface area (TPSA) is 153 Å². The molecule has 11 heteroatoms. The Morgan fingerprint density at radius 3 is 2.41 bits per heavy atom. The summed E-state index contributed by atoms with van der Waals surface area (Å²) in [5.41, 5.74) is 6.09. The Kier molecular flexibility index (Phi) is 8.77. The SMILES string of the molecule is NC(=O)C(CC(=O)N1CCOCC1)(CS(=O)(=O)CC1CC1)[C@H](CCc1ccccc1)C(O)c1nc2ccccc2o1. The lowest BCUT2D eigenvalue weighted by Gasteiger charge is -2.41. The van der Waals surface area contributed by atoms with E-state index in [1.165, 1.54) is 0 Å². The van der Waals surface area contributed by atoms with Crippen LogP contribution in [0.25, 0.3) is 11.1 Å². The molecule has 1 saturated carbocycles. The lowest BCUT2D eigenvalue weighted by atomic mass is 9.68. The van der Waals surface area contributed by atoms with Crippen molar-refractivity contribution < 1.29 is 32.3 Å². The number of hydrogen-bond acceptors (Lipinski definition) is 8. The summed E-state index contributed by atoms with van der Waals surface area (Å²) in [6.07, 6.45) is 0.237. The second kappa shape index (κ2) is 12.3. The van der Waals surface area contributed by atoms with Crippen LogP contribution in [0, 0.1) is 17.3 Å². The van der Waals surface area contributed by atoms with Gasteiger partial charge in [0.2, 0.25) is 17.7 Å². The summed E-state index contributed by atoms with van der Waals surface area (Å²) in [4.78, 5) is 33.3. The highest BCUT2D eigenvalue weighted by molar-refractivity contribution is 7.91. The number of rotatable bonds is 13. The maximum atomic E-state index is 13.7. The number of para-hydroxylation sites is 2. The lowest BCUT2D eigenvalue weighted by molar-refractivity contribution is -0.147. The van der Waals surface area contributed by atoms with Crippen molar-refractivity contribution in [3.63, 3.8) is 0 Å². The van der Waals surface area contributed by atoms with Crippen LogP contribution in [0.15, 0.2) is 59.0 Å². The van der Waals surface area contributed by atoms with Gasteiger partial charge in [0.25, 0.3) is 0 Å².